The largest absolute Gasteiger partial charge is 0.375 e. The molecule has 29 heavy (non-hydrogen) atoms. The Kier molecular flexibility index (Phi) is 17.5. The Balaban J connectivity index is 0. The molecule has 3 N–H and O–H groups in total. The lowest BCUT2D eigenvalue weighted by Crippen LogP contribution is -2.34. The molecule has 1 atom stereocenters. The summed E-state index contributed by atoms with van der Waals surface area (Å²) >= 11 is 5.97. The van der Waals surface area contributed by atoms with Crippen LogP contribution < -0.4 is 11.1 Å². The number of hydrogen-bond acceptors (Lipinski definition) is 5. The Morgan fingerprint density at radius 1 is 1.52 bits per heavy atom. The molecule has 0 fully saturated rings. The number of nitriles is 1. The molecule has 1 aromatic heterocycles. The summed E-state index contributed by atoms with van der Waals surface area (Å²) in [5.41, 5.74) is 8.79. The molecule has 5 nitrogen and oxygen atoms in total. The summed E-state index contributed by atoms with van der Waals surface area (Å²) in [5, 5.41) is 16.1. The van der Waals surface area contributed by atoms with Gasteiger partial charge in [0.15, 0.2) is 5.96 Å². The van der Waals surface area contributed by atoms with E-state index in [0.717, 1.165) is 18.5 Å². The van der Waals surface area contributed by atoms with E-state index in [1.54, 1.807) is 23.8 Å². The highest BCUT2D eigenvalue weighted by Gasteiger charge is 2.16. The zero-order chi connectivity index (χ0) is 22.8. The molecule has 2 rings (SSSR count). The van der Waals surface area contributed by atoms with Crippen molar-refractivity contribution in [1.82, 2.24) is 10.2 Å². The van der Waals surface area contributed by atoms with Crippen LogP contribution in [0.25, 0.3) is 5.57 Å². The van der Waals surface area contributed by atoms with E-state index in [1.165, 1.54) is 10.4 Å². The van der Waals surface area contributed by atoms with Crippen molar-refractivity contribution < 1.29 is 0 Å². The third kappa shape index (κ3) is 10.6. The van der Waals surface area contributed by atoms with Crippen molar-refractivity contribution in [3.8, 4) is 6.07 Å². The van der Waals surface area contributed by atoms with Crippen LogP contribution in [0.5, 0.6) is 0 Å². The third-order valence-corrected chi connectivity index (χ3v) is 4.59. The van der Waals surface area contributed by atoms with E-state index in [2.05, 4.69) is 60.1 Å². The van der Waals surface area contributed by atoms with Crippen LogP contribution in [0.3, 0.4) is 0 Å². The SMILES string of the molecule is C=C.CC.CC=S.CCC(NC(N)=NC)c1cc(C2=CC(C#N)=CN(C)C2)cs1. The molecule has 1 unspecified atom stereocenters. The number of guanidine groups is 1. The minimum atomic E-state index is 0.162. The van der Waals surface area contributed by atoms with E-state index in [0.29, 0.717) is 11.5 Å². The first-order valence-electron chi connectivity index (χ1n) is 9.49. The van der Waals surface area contributed by atoms with Crippen LogP contribution in [0.1, 0.15) is 50.6 Å². The van der Waals surface area contributed by atoms with E-state index in [1.807, 2.05) is 45.0 Å². The van der Waals surface area contributed by atoms with Crippen molar-refractivity contribution in [1.29, 1.82) is 5.26 Å². The van der Waals surface area contributed by atoms with Gasteiger partial charge in [-0.1, -0.05) is 33.0 Å². The first kappa shape index (κ1) is 28.8. The molecule has 7 heteroatoms. The lowest BCUT2D eigenvalue weighted by molar-refractivity contribution is 0.510. The molecule has 0 bridgehead atoms. The lowest BCUT2D eigenvalue weighted by Gasteiger charge is -2.20. The van der Waals surface area contributed by atoms with Crippen molar-refractivity contribution in [3.05, 3.63) is 52.9 Å². The van der Waals surface area contributed by atoms with Crippen LogP contribution in [0.4, 0.5) is 0 Å². The number of thiocarbonyl (C=S) groups is 1. The summed E-state index contributed by atoms with van der Waals surface area (Å²) in [7, 11) is 3.65. The van der Waals surface area contributed by atoms with Crippen molar-refractivity contribution in [2.24, 2.45) is 10.7 Å². The molecule has 0 saturated carbocycles. The number of nitrogens with two attached hydrogens (primary N) is 1. The second kappa shape index (κ2) is 17.7. The van der Waals surface area contributed by atoms with Gasteiger partial charge < -0.3 is 16.0 Å². The number of aliphatic imine (C=N–C) groups is 1. The molecule has 1 aliphatic rings. The highest BCUT2D eigenvalue weighted by Crippen LogP contribution is 2.30. The quantitative estimate of drug-likeness (QED) is 0.291. The monoisotopic (exact) mass is 433 g/mol. The van der Waals surface area contributed by atoms with Gasteiger partial charge in [-0.15, -0.1) is 24.5 Å². The molecule has 0 amide bonds. The maximum atomic E-state index is 9.11. The number of nitrogens with zero attached hydrogens (tertiary/aromatic N) is 3. The van der Waals surface area contributed by atoms with E-state index in [-0.39, 0.29) is 6.04 Å². The summed E-state index contributed by atoms with van der Waals surface area (Å²) < 4.78 is 0. The minimum absolute atomic E-state index is 0.162. The van der Waals surface area contributed by atoms with Crippen LogP contribution in [-0.2, 0) is 0 Å². The van der Waals surface area contributed by atoms with Crippen LogP contribution in [0.2, 0.25) is 0 Å². The Morgan fingerprint density at radius 2 is 2.10 bits per heavy atom. The Morgan fingerprint density at radius 3 is 2.59 bits per heavy atom. The highest BCUT2D eigenvalue weighted by molar-refractivity contribution is 7.78. The van der Waals surface area contributed by atoms with Crippen molar-refractivity contribution in [2.45, 2.75) is 40.2 Å². The maximum absolute atomic E-state index is 9.11. The molecule has 0 aliphatic carbocycles. The summed E-state index contributed by atoms with van der Waals surface area (Å²) in [6, 6.07) is 4.55. The van der Waals surface area contributed by atoms with Crippen molar-refractivity contribution in [2.75, 3.05) is 20.6 Å². The predicted molar refractivity (Wildman–Crippen MR) is 134 cm³/mol. The Hall–Kier alpha value is -2.43. The zero-order valence-electron chi connectivity index (χ0n) is 18.5. The standard InChI is InChI=1S/C16H21N5S.C2H4S.C2H6.C2H4/c1-4-14(20-16(18)19-2)15-6-13(10-22-15)12-5-11(7-17)8-21(3)9-12;1-2-3;2*1-2/h5-6,8,10,14H,4,9H2,1-3H3,(H3,18,19,20);2H,1H3;1-2H3;1-2H2. The summed E-state index contributed by atoms with van der Waals surface area (Å²) in [5.74, 6) is 0.452. The van der Waals surface area contributed by atoms with E-state index < -0.39 is 0 Å². The lowest BCUT2D eigenvalue weighted by atomic mass is 10.0. The highest BCUT2D eigenvalue weighted by atomic mass is 32.1. The van der Waals surface area contributed by atoms with Gasteiger partial charge in [0.2, 0.25) is 0 Å². The molecule has 1 aromatic rings. The molecule has 0 saturated heterocycles. The second-order valence-corrected chi connectivity index (χ2v) is 6.88. The van der Waals surface area contributed by atoms with Crippen LogP contribution >= 0.6 is 23.6 Å². The maximum Gasteiger partial charge on any atom is 0.188 e. The number of likely N-dealkylation sites (N-methyl/N-ethyl adjacent to an activating group) is 1. The number of hydrogen-bond donors (Lipinski definition) is 2. The van der Waals surface area contributed by atoms with Gasteiger partial charge in [-0.05, 0) is 47.4 Å². The van der Waals surface area contributed by atoms with E-state index in [9.17, 15) is 0 Å². The van der Waals surface area contributed by atoms with Crippen molar-refractivity contribution in [3.63, 3.8) is 0 Å². The minimum Gasteiger partial charge on any atom is -0.375 e. The fourth-order valence-corrected chi connectivity index (χ4v) is 3.45. The van der Waals surface area contributed by atoms with Gasteiger partial charge in [-0.2, -0.15) is 5.26 Å². The molecule has 0 radical (unpaired) electrons. The smallest absolute Gasteiger partial charge is 0.188 e. The zero-order valence-corrected chi connectivity index (χ0v) is 20.2. The molecule has 0 spiro atoms. The molecule has 0 aromatic carbocycles. The van der Waals surface area contributed by atoms with Gasteiger partial charge in [0.1, 0.15) is 6.07 Å². The van der Waals surface area contributed by atoms with Gasteiger partial charge in [0.25, 0.3) is 0 Å². The average molecular weight is 434 g/mol. The van der Waals surface area contributed by atoms with Crippen LogP contribution in [0.15, 0.2) is 47.4 Å². The van der Waals surface area contributed by atoms with E-state index in [4.69, 9.17) is 11.0 Å². The first-order chi connectivity index (χ1) is 14.0. The van der Waals surface area contributed by atoms with Gasteiger partial charge in [-0.25, -0.2) is 0 Å². The van der Waals surface area contributed by atoms with Gasteiger partial charge in [-0.3, -0.25) is 4.99 Å². The molecule has 2 heterocycles. The van der Waals surface area contributed by atoms with Crippen LogP contribution in [-0.4, -0.2) is 36.9 Å². The fraction of sp³-hybridized carbons (Fsp3) is 0.409. The number of allylic oxidation sites excluding steroid dienone is 2. The second-order valence-electron chi connectivity index (χ2n) is 5.47. The number of thiophene rings is 1. The Bertz CT molecular complexity index is 726. The molecular weight excluding hydrogens is 398 g/mol. The van der Waals surface area contributed by atoms with Crippen LogP contribution in [0, 0.1) is 11.3 Å². The molecular formula is C22H35N5S2. The van der Waals surface area contributed by atoms with Crippen molar-refractivity contribution >= 4 is 40.5 Å². The number of nitrogens with one attached hydrogen (secondary N) is 1. The Labute approximate surface area is 186 Å². The topological polar surface area (TPSA) is 77.4 Å². The number of rotatable bonds is 4. The van der Waals surface area contributed by atoms with Gasteiger partial charge in [0.05, 0.1) is 11.6 Å². The van der Waals surface area contributed by atoms with E-state index >= 15 is 0 Å². The first-order valence-corrected chi connectivity index (χ1v) is 10.8. The van der Waals surface area contributed by atoms with Gasteiger partial charge in [0, 0.05) is 31.7 Å². The average Bonchev–Trinajstić information content (AvgIpc) is 3.25. The van der Waals surface area contributed by atoms with Gasteiger partial charge >= 0.3 is 0 Å². The summed E-state index contributed by atoms with van der Waals surface area (Å²) in [6.45, 7) is 14.7. The normalized spacial score (nSPS) is 13.4. The summed E-state index contributed by atoms with van der Waals surface area (Å²) in [6.07, 6.45) is 4.76. The summed E-state index contributed by atoms with van der Waals surface area (Å²) in [4.78, 5) is 7.21. The molecule has 160 valence electrons. The molecule has 1 aliphatic heterocycles. The fourth-order valence-electron chi connectivity index (χ4n) is 2.38. The third-order valence-electron chi connectivity index (χ3n) is 3.54. The predicted octanol–water partition coefficient (Wildman–Crippen LogP) is 5.30.